The number of hydrogen-bond donors (Lipinski definition) is 9. The van der Waals surface area contributed by atoms with Crippen LogP contribution < -0.4 is 21.7 Å². The van der Waals surface area contributed by atoms with Gasteiger partial charge in [-0.2, -0.15) is 12.6 Å². The van der Waals surface area contributed by atoms with Crippen LogP contribution in [0.4, 0.5) is 0 Å². The molecule has 0 saturated carbocycles. The number of benzene rings is 2. The van der Waals surface area contributed by atoms with Gasteiger partial charge in [0, 0.05) is 29.3 Å². The van der Waals surface area contributed by atoms with Gasteiger partial charge in [0.25, 0.3) is 0 Å². The number of aromatic hydroxyl groups is 1. The number of aromatic amines is 1. The number of rotatable bonds is 13. The quantitative estimate of drug-likeness (QED) is 0.124. The van der Waals surface area contributed by atoms with E-state index in [2.05, 4.69) is 33.6 Å². The van der Waals surface area contributed by atoms with Gasteiger partial charge in [-0.15, -0.1) is 0 Å². The molecule has 4 atom stereocenters. The second kappa shape index (κ2) is 13.6. The van der Waals surface area contributed by atoms with Gasteiger partial charge in [-0.3, -0.25) is 14.4 Å². The summed E-state index contributed by atoms with van der Waals surface area (Å²) in [5.41, 5.74) is 8.41. The number of nitrogens with one attached hydrogen (secondary N) is 4. The number of carbonyl (C=O) groups is 4. The highest BCUT2D eigenvalue weighted by atomic mass is 32.1. The minimum atomic E-state index is -1.58. The molecule has 2 aromatic carbocycles. The van der Waals surface area contributed by atoms with Crippen molar-refractivity contribution >= 4 is 47.2 Å². The molecule has 1 aromatic heterocycles. The van der Waals surface area contributed by atoms with Crippen molar-refractivity contribution in [2.24, 2.45) is 5.73 Å². The van der Waals surface area contributed by atoms with E-state index in [0.29, 0.717) is 5.56 Å². The normalized spacial score (nSPS) is 14.1. The zero-order valence-electron chi connectivity index (χ0n) is 20.8. The highest BCUT2D eigenvalue weighted by Crippen LogP contribution is 2.19. The lowest BCUT2D eigenvalue weighted by atomic mass is 10.0. The number of amides is 3. The summed E-state index contributed by atoms with van der Waals surface area (Å²) in [6, 6.07) is 8.42. The lowest BCUT2D eigenvalue weighted by Gasteiger charge is -2.24. The fraction of sp³-hybridized carbons (Fsp3) is 0.308. The van der Waals surface area contributed by atoms with E-state index in [1.165, 1.54) is 24.3 Å². The third-order valence-corrected chi connectivity index (χ3v) is 6.44. The Hall–Kier alpha value is -4.07. The van der Waals surface area contributed by atoms with E-state index >= 15 is 0 Å². The molecule has 0 aliphatic carbocycles. The standard InChI is InChI=1S/C26H31N5O7S/c27-18(10-15-11-28-19-4-2-1-3-17(15)19)23(34)31-22(13-39)25(36)29-20(9-14-5-7-16(33)8-6-14)24(35)30-21(12-32)26(37)38/h1-8,11,18,20-22,28,32-33,39H,9-10,12-13,27H2,(H,29,36)(H,30,35)(H,31,34)(H,37,38). The number of phenolic OH excluding ortho intramolecular Hbond substituents is 1. The molecule has 3 amide bonds. The largest absolute Gasteiger partial charge is 0.508 e. The van der Waals surface area contributed by atoms with Crippen molar-refractivity contribution in [3.8, 4) is 5.75 Å². The number of hydrogen-bond acceptors (Lipinski definition) is 8. The van der Waals surface area contributed by atoms with Gasteiger partial charge in [-0.05, 0) is 35.7 Å². The Balaban J connectivity index is 1.69. The maximum absolute atomic E-state index is 13.1. The fourth-order valence-corrected chi connectivity index (χ4v) is 4.17. The SMILES string of the molecule is NC(Cc1c[nH]c2ccccc12)C(=O)NC(CS)C(=O)NC(Cc1ccc(O)cc1)C(=O)NC(CO)C(=O)O. The first-order valence-corrected chi connectivity index (χ1v) is 12.7. The molecule has 13 heteroatoms. The van der Waals surface area contributed by atoms with Crippen LogP contribution in [0.2, 0.25) is 0 Å². The summed E-state index contributed by atoms with van der Waals surface area (Å²) in [7, 11) is 0. The van der Waals surface area contributed by atoms with Crippen molar-refractivity contribution < 1.29 is 34.5 Å². The van der Waals surface area contributed by atoms with Crippen molar-refractivity contribution in [3.05, 3.63) is 65.9 Å². The van der Waals surface area contributed by atoms with E-state index in [1.807, 2.05) is 24.3 Å². The molecule has 3 aromatic rings. The molecule has 0 fully saturated rings. The second-order valence-electron chi connectivity index (χ2n) is 8.93. The number of carboxylic acids is 1. The molecular formula is C26H31N5O7S. The molecule has 0 bridgehead atoms. The molecule has 9 N–H and O–H groups in total. The Labute approximate surface area is 229 Å². The van der Waals surface area contributed by atoms with Gasteiger partial charge in [-0.25, -0.2) is 4.79 Å². The summed E-state index contributed by atoms with van der Waals surface area (Å²) >= 11 is 4.16. The van der Waals surface area contributed by atoms with Crippen LogP contribution in [0.3, 0.4) is 0 Å². The van der Waals surface area contributed by atoms with Gasteiger partial charge in [0.2, 0.25) is 17.7 Å². The Bertz CT molecular complexity index is 1310. The molecule has 1 heterocycles. The number of aliphatic hydroxyl groups excluding tert-OH is 1. The molecule has 0 aliphatic rings. The lowest BCUT2D eigenvalue weighted by molar-refractivity contribution is -0.143. The third-order valence-electron chi connectivity index (χ3n) is 6.07. The molecule has 3 rings (SSSR count). The minimum Gasteiger partial charge on any atom is -0.508 e. The Morgan fingerprint density at radius 2 is 1.49 bits per heavy atom. The number of aliphatic hydroxyl groups is 1. The van der Waals surface area contributed by atoms with Gasteiger partial charge < -0.3 is 42.0 Å². The van der Waals surface area contributed by atoms with Crippen molar-refractivity contribution in [2.45, 2.75) is 37.0 Å². The zero-order chi connectivity index (χ0) is 28.5. The number of aliphatic carboxylic acids is 1. The van der Waals surface area contributed by atoms with Crippen molar-refractivity contribution in [2.75, 3.05) is 12.4 Å². The van der Waals surface area contributed by atoms with Crippen LogP contribution in [0, 0.1) is 0 Å². The van der Waals surface area contributed by atoms with Gasteiger partial charge in [0.05, 0.1) is 12.6 Å². The summed E-state index contributed by atoms with van der Waals surface area (Å²) in [6.07, 6.45) is 1.91. The Kier molecular flexibility index (Phi) is 10.3. The molecule has 208 valence electrons. The molecule has 0 aliphatic heterocycles. The molecular weight excluding hydrogens is 526 g/mol. The zero-order valence-corrected chi connectivity index (χ0v) is 21.7. The summed E-state index contributed by atoms with van der Waals surface area (Å²) in [6.45, 7) is -0.857. The molecule has 12 nitrogen and oxygen atoms in total. The van der Waals surface area contributed by atoms with Gasteiger partial charge in [0.1, 0.15) is 23.9 Å². The molecule has 4 unspecified atom stereocenters. The van der Waals surface area contributed by atoms with Crippen LogP contribution >= 0.6 is 12.6 Å². The van der Waals surface area contributed by atoms with E-state index in [1.54, 1.807) is 6.20 Å². The lowest BCUT2D eigenvalue weighted by Crippen LogP contribution is -2.58. The number of thiol groups is 1. The number of carbonyl (C=O) groups excluding carboxylic acids is 3. The van der Waals surface area contributed by atoms with E-state index in [0.717, 1.165) is 16.5 Å². The van der Waals surface area contributed by atoms with E-state index in [4.69, 9.17) is 5.73 Å². The fourth-order valence-electron chi connectivity index (χ4n) is 3.91. The number of carboxylic acid groups (broad SMARTS) is 1. The molecule has 0 spiro atoms. The predicted octanol–water partition coefficient (Wildman–Crippen LogP) is -0.553. The van der Waals surface area contributed by atoms with Gasteiger partial charge in [0.15, 0.2) is 0 Å². The first-order valence-electron chi connectivity index (χ1n) is 12.1. The van der Waals surface area contributed by atoms with Gasteiger partial charge in [-0.1, -0.05) is 30.3 Å². The van der Waals surface area contributed by atoms with Crippen molar-refractivity contribution in [1.29, 1.82) is 0 Å². The molecule has 0 radical (unpaired) electrons. The van der Waals surface area contributed by atoms with Crippen LogP contribution in [0.5, 0.6) is 5.75 Å². The predicted molar refractivity (Wildman–Crippen MR) is 146 cm³/mol. The van der Waals surface area contributed by atoms with Gasteiger partial charge >= 0.3 is 5.97 Å². The first-order chi connectivity index (χ1) is 18.6. The third kappa shape index (κ3) is 7.96. The summed E-state index contributed by atoms with van der Waals surface area (Å²) in [5.74, 6) is -3.77. The maximum Gasteiger partial charge on any atom is 0.328 e. The first kappa shape index (κ1) is 29.5. The van der Waals surface area contributed by atoms with Crippen LogP contribution in [0.15, 0.2) is 54.7 Å². The summed E-state index contributed by atoms with van der Waals surface area (Å²) in [5, 5.41) is 36.1. The number of phenols is 1. The summed E-state index contributed by atoms with van der Waals surface area (Å²) < 4.78 is 0. The van der Waals surface area contributed by atoms with Crippen LogP contribution in [-0.2, 0) is 32.0 Å². The van der Waals surface area contributed by atoms with Crippen LogP contribution in [0.25, 0.3) is 10.9 Å². The highest BCUT2D eigenvalue weighted by molar-refractivity contribution is 7.80. The molecule has 0 saturated heterocycles. The Morgan fingerprint density at radius 3 is 2.13 bits per heavy atom. The monoisotopic (exact) mass is 557 g/mol. The number of nitrogens with two attached hydrogens (primary N) is 1. The number of H-pyrrole nitrogens is 1. The maximum atomic E-state index is 13.1. The average molecular weight is 558 g/mol. The van der Waals surface area contributed by atoms with Crippen LogP contribution in [0.1, 0.15) is 11.1 Å². The Morgan fingerprint density at radius 1 is 0.872 bits per heavy atom. The minimum absolute atomic E-state index is 0.00293. The van der Waals surface area contributed by atoms with E-state index < -0.39 is 54.5 Å². The smallest absolute Gasteiger partial charge is 0.328 e. The topological polar surface area (TPSA) is 207 Å². The van der Waals surface area contributed by atoms with Crippen molar-refractivity contribution in [1.82, 2.24) is 20.9 Å². The molecule has 39 heavy (non-hydrogen) atoms. The van der Waals surface area contributed by atoms with E-state index in [-0.39, 0.29) is 24.3 Å². The van der Waals surface area contributed by atoms with Crippen LogP contribution in [-0.4, -0.2) is 80.5 Å². The number of para-hydroxylation sites is 1. The average Bonchev–Trinajstić information content (AvgIpc) is 3.33. The number of aromatic nitrogens is 1. The second-order valence-corrected chi connectivity index (χ2v) is 9.29. The highest BCUT2D eigenvalue weighted by Gasteiger charge is 2.30. The van der Waals surface area contributed by atoms with Crippen molar-refractivity contribution in [3.63, 3.8) is 0 Å². The van der Waals surface area contributed by atoms with E-state index in [9.17, 15) is 34.5 Å². The number of fused-ring (bicyclic) bond motifs is 1. The summed E-state index contributed by atoms with van der Waals surface area (Å²) in [4.78, 5) is 53.1.